The van der Waals surface area contributed by atoms with E-state index in [0.717, 1.165) is 12.5 Å². The molecule has 10 heavy (non-hydrogen) atoms. The second-order valence-electron chi connectivity index (χ2n) is 2.92. The van der Waals surface area contributed by atoms with Gasteiger partial charge < -0.3 is 0 Å². The number of hydrogen-bond acceptors (Lipinski definition) is 0. The van der Waals surface area contributed by atoms with Crippen LogP contribution in [0.4, 0.5) is 0 Å². The second kappa shape index (κ2) is 2.41. The Morgan fingerprint density at radius 3 is 3.30 bits per heavy atom. The van der Waals surface area contributed by atoms with Gasteiger partial charge in [0, 0.05) is 12.0 Å². The summed E-state index contributed by atoms with van der Waals surface area (Å²) in [7, 11) is 0. The van der Waals surface area contributed by atoms with Crippen molar-refractivity contribution in [3.05, 3.63) is 23.8 Å². The first-order valence-electron chi connectivity index (χ1n) is 3.87. The van der Waals surface area contributed by atoms with Gasteiger partial charge >= 0.3 is 0 Å². The van der Waals surface area contributed by atoms with Crippen LogP contribution in [0.1, 0.15) is 12.8 Å². The van der Waals surface area contributed by atoms with Crippen LogP contribution in [0.3, 0.4) is 0 Å². The van der Waals surface area contributed by atoms with Crippen molar-refractivity contribution in [2.24, 2.45) is 5.92 Å². The van der Waals surface area contributed by atoms with E-state index in [4.69, 9.17) is 0 Å². The molecule has 0 bridgehead atoms. The molecular formula is C9H12N+. The normalized spacial score (nSPS) is 29.6. The molecule has 0 aromatic heterocycles. The molecule has 0 saturated heterocycles. The molecular weight excluding hydrogens is 122 g/mol. The van der Waals surface area contributed by atoms with Crippen molar-refractivity contribution in [1.82, 2.24) is 0 Å². The molecule has 0 spiro atoms. The molecule has 1 aliphatic carbocycles. The third-order valence-corrected chi connectivity index (χ3v) is 2.24. The van der Waals surface area contributed by atoms with Gasteiger partial charge in [-0.3, -0.25) is 0 Å². The summed E-state index contributed by atoms with van der Waals surface area (Å²) in [5.41, 5.74) is 1.60. The standard InChI is InChI=1S/C9H11N/c1-2-4-9-7-10-6-5-8(9)3-1/h1-2,5-6,9H,3-4,7H2/p+1. The molecule has 1 unspecified atom stereocenters. The molecule has 0 fully saturated rings. The number of allylic oxidation sites excluding steroid dienone is 3. The molecule has 1 nitrogen and oxygen atoms in total. The Hall–Kier alpha value is -0.850. The quantitative estimate of drug-likeness (QED) is 0.450. The van der Waals surface area contributed by atoms with E-state index >= 15 is 0 Å². The van der Waals surface area contributed by atoms with E-state index in [2.05, 4.69) is 29.4 Å². The molecule has 1 atom stereocenters. The Kier molecular flexibility index (Phi) is 1.42. The van der Waals surface area contributed by atoms with Gasteiger partial charge in [0.2, 0.25) is 0 Å². The molecule has 0 radical (unpaired) electrons. The van der Waals surface area contributed by atoms with Crippen molar-refractivity contribution in [2.45, 2.75) is 12.8 Å². The molecule has 52 valence electrons. The van der Waals surface area contributed by atoms with Crippen LogP contribution in [0.5, 0.6) is 0 Å². The lowest BCUT2D eigenvalue weighted by Crippen LogP contribution is -2.72. The zero-order valence-corrected chi connectivity index (χ0v) is 6.01. The van der Waals surface area contributed by atoms with Gasteiger partial charge in [-0.25, -0.2) is 4.99 Å². The second-order valence-corrected chi connectivity index (χ2v) is 2.92. The van der Waals surface area contributed by atoms with Gasteiger partial charge in [-0.05, 0) is 12.8 Å². The zero-order valence-electron chi connectivity index (χ0n) is 6.01. The Bertz CT molecular complexity index is 211. The third-order valence-electron chi connectivity index (χ3n) is 2.24. The van der Waals surface area contributed by atoms with Gasteiger partial charge in [-0.1, -0.05) is 17.7 Å². The molecule has 2 rings (SSSR count). The topological polar surface area (TPSA) is 14.0 Å². The molecule has 1 aliphatic heterocycles. The van der Waals surface area contributed by atoms with Gasteiger partial charge in [0.15, 0.2) is 6.21 Å². The Labute approximate surface area is 61.2 Å². The fourth-order valence-corrected chi connectivity index (χ4v) is 1.59. The van der Waals surface area contributed by atoms with Gasteiger partial charge in [-0.15, -0.1) is 0 Å². The Morgan fingerprint density at radius 2 is 2.40 bits per heavy atom. The lowest BCUT2D eigenvalue weighted by Gasteiger charge is -2.18. The predicted octanol–water partition coefficient (Wildman–Crippen LogP) is 0.0440. The van der Waals surface area contributed by atoms with E-state index in [9.17, 15) is 0 Å². The Morgan fingerprint density at radius 1 is 1.40 bits per heavy atom. The molecule has 2 aliphatic rings. The monoisotopic (exact) mass is 134 g/mol. The third kappa shape index (κ3) is 0.919. The first-order chi connectivity index (χ1) is 4.97. The van der Waals surface area contributed by atoms with Crippen LogP contribution in [-0.2, 0) is 0 Å². The van der Waals surface area contributed by atoms with E-state index in [1.54, 1.807) is 5.57 Å². The zero-order chi connectivity index (χ0) is 6.81. The maximum Gasteiger partial charge on any atom is 0.161 e. The molecule has 1 heteroatoms. The first-order valence-corrected chi connectivity index (χ1v) is 3.87. The predicted molar refractivity (Wildman–Crippen MR) is 41.8 cm³/mol. The number of nitrogens with one attached hydrogen (secondary N) is 1. The fraction of sp³-hybridized carbons (Fsp3) is 0.444. The first kappa shape index (κ1) is 5.90. The van der Waals surface area contributed by atoms with E-state index < -0.39 is 0 Å². The summed E-state index contributed by atoms with van der Waals surface area (Å²) in [6.45, 7) is 1.14. The van der Waals surface area contributed by atoms with E-state index in [1.807, 2.05) is 0 Å². The largest absolute Gasteiger partial charge is 0.248 e. The molecule has 0 amide bonds. The average molecular weight is 134 g/mol. The van der Waals surface area contributed by atoms with Crippen LogP contribution in [0.25, 0.3) is 0 Å². The van der Waals surface area contributed by atoms with Crippen molar-refractivity contribution >= 4 is 6.21 Å². The summed E-state index contributed by atoms with van der Waals surface area (Å²) in [6, 6.07) is 0. The van der Waals surface area contributed by atoms with E-state index in [0.29, 0.717) is 0 Å². The average Bonchev–Trinajstić information content (AvgIpc) is 2.05. The smallest absolute Gasteiger partial charge is 0.161 e. The fourth-order valence-electron chi connectivity index (χ4n) is 1.59. The SMILES string of the molecule is C1=CCC2C[NH+]=CC=C2C1. The highest BCUT2D eigenvalue weighted by Gasteiger charge is 2.19. The van der Waals surface area contributed by atoms with Crippen LogP contribution in [0, 0.1) is 5.92 Å². The molecule has 1 heterocycles. The van der Waals surface area contributed by atoms with Crippen molar-refractivity contribution in [3.8, 4) is 0 Å². The lowest BCUT2D eigenvalue weighted by atomic mass is 9.87. The summed E-state index contributed by atoms with van der Waals surface area (Å²) in [5.74, 6) is 0.787. The number of hydrogen-bond donors (Lipinski definition) is 1. The van der Waals surface area contributed by atoms with Crippen molar-refractivity contribution in [1.29, 1.82) is 0 Å². The summed E-state index contributed by atoms with van der Waals surface area (Å²) in [5, 5.41) is 0. The molecule has 1 N–H and O–H groups in total. The molecule has 0 aromatic rings. The van der Waals surface area contributed by atoms with E-state index in [1.165, 1.54) is 12.8 Å². The highest BCUT2D eigenvalue weighted by Crippen LogP contribution is 2.23. The summed E-state index contributed by atoms with van der Waals surface area (Å²) in [4.78, 5) is 3.25. The minimum Gasteiger partial charge on any atom is -0.248 e. The van der Waals surface area contributed by atoms with Crippen LogP contribution in [0.2, 0.25) is 0 Å². The lowest BCUT2D eigenvalue weighted by molar-refractivity contribution is -0.460. The minimum atomic E-state index is 0.787. The molecule has 0 saturated carbocycles. The van der Waals surface area contributed by atoms with Gasteiger partial charge in [0.05, 0.1) is 0 Å². The number of rotatable bonds is 0. The van der Waals surface area contributed by atoms with Crippen molar-refractivity contribution in [2.75, 3.05) is 6.54 Å². The summed E-state index contributed by atoms with van der Waals surface area (Å²) < 4.78 is 0. The summed E-state index contributed by atoms with van der Waals surface area (Å²) in [6.07, 6.45) is 11.2. The van der Waals surface area contributed by atoms with Crippen LogP contribution < -0.4 is 4.99 Å². The maximum atomic E-state index is 3.25. The van der Waals surface area contributed by atoms with Crippen LogP contribution in [-0.4, -0.2) is 12.8 Å². The van der Waals surface area contributed by atoms with Gasteiger partial charge in [0.1, 0.15) is 6.54 Å². The highest BCUT2D eigenvalue weighted by atomic mass is 14.7. The Balaban J connectivity index is 2.23. The number of fused-ring (bicyclic) bond motifs is 1. The van der Waals surface area contributed by atoms with Gasteiger partial charge in [-0.2, -0.15) is 0 Å². The molecule has 0 aromatic carbocycles. The van der Waals surface area contributed by atoms with Crippen LogP contribution >= 0.6 is 0 Å². The van der Waals surface area contributed by atoms with Crippen molar-refractivity contribution < 1.29 is 4.99 Å². The van der Waals surface area contributed by atoms with Crippen molar-refractivity contribution in [3.63, 3.8) is 0 Å². The van der Waals surface area contributed by atoms with E-state index in [-0.39, 0.29) is 0 Å². The minimum absolute atomic E-state index is 0.787. The van der Waals surface area contributed by atoms with Crippen LogP contribution in [0.15, 0.2) is 23.8 Å². The summed E-state index contributed by atoms with van der Waals surface area (Å²) >= 11 is 0. The van der Waals surface area contributed by atoms with Gasteiger partial charge in [0.25, 0.3) is 0 Å². The highest BCUT2D eigenvalue weighted by molar-refractivity contribution is 5.67. The maximum absolute atomic E-state index is 3.25.